The van der Waals surface area contributed by atoms with E-state index in [9.17, 15) is 4.79 Å². The minimum absolute atomic E-state index is 0.00464. The van der Waals surface area contributed by atoms with Gasteiger partial charge in [-0.1, -0.05) is 18.2 Å². The lowest BCUT2D eigenvalue weighted by molar-refractivity contribution is 0.0790. The largest absolute Gasteiger partial charge is 0.381 e. The van der Waals surface area contributed by atoms with Crippen LogP contribution in [0.3, 0.4) is 0 Å². The maximum Gasteiger partial charge on any atom is 0.264 e. The van der Waals surface area contributed by atoms with Crippen LogP contribution >= 0.6 is 11.3 Å². The van der Waals surface area contributed by atoms with Crippen molar-refractivity contribution in [3.05, 3.63) is 64.6 Å². The van der Waals surface area contributed by atoms with Crippen LogP contribution in [0.25, 0.3) is 21.1 Å². The first kappa shape index (κ1) is 19.1. The lowest BCUT2D eigenvalue weighted by Gasteiger charge is -2.18. The second kappa shape index (κ2) is 7.74. The normalized spacial score (nSPS) is 16.4. The van der Waals surface area contributed by atoms with Crippen LogP contribution in [0, 0.1) is 6.92 Å². The number of amides is 1. The zero-order valence-corrected chi connectivity index (χ0v) is 17.8. The Balaban J connectivity index is 1.48. The zero-order valence-electron chi connectivity index (χ0n) is 17.0. The Labute approximate surface area is 178 Å². The molecule has 0 aliphatic carbocycles. The zero-order chi connectivity index (χ0) is 20.7. The molecule has 3 aromatic heterocycles. The summed E-state index contributed by atoms with van der Waals surface area (Å²) < 4.78 is 5.56. The van der Waals surface area contributed by atoms with Crippen molar-refractivity contribution in [1.82, 2.24) is 19.9 Å². The number of thiophene rings is 1. The topological polar surface area (TPSA) is 68.2 Å². The highest BCUT2D eigenvalue weighted by molar-refractivity contribution is 7.20. The van der Waals surface area contributed by atoms with Crippen molar-refractivity contribution in [3.63, 3.8) is 0 Å². The number of hydrogen-bond donors (Lipinski definition) is 0. The van der Waals surface area contributed by atoms with Gasteiger partial charge >= 0.3 is 0 Å². The van der Waals surface area contributed by atoms with Crippen LogP contribution in [0.2, 0.25) is 0 Å². The van der Waals surface area contributed by atoms with Crippen molar-refractivity contribution in [2.75, 3.05) is 20.3 Å². The van der Waals surface area contributed by atoms with Crippen LogP contribution in [-0.2, 0) is 11.3 Å². The first-order valence-corrected chi connectivity index (χ1v) is 10.8. The fraction of sp³-hybridized carbons (Fsp3) is 0.304. The molecule has 0 bridgehead atoms. The predicted octanol–water partition coefficient (Wildman–Crippen LogP) is 4.32. The molecule has 0 saturated carbocycles. The molecule has 7 heteroatoms. The van der Waals surface area contributed by atoms with Crippen molar-refractivity contribution in [2.45, 2.75) is 25.8 Å². The van der Waals surface area contributed by atoms with Gasteiger partial charge in [0.1, 0.15) is 11.2 Å². The molecule has 5 rings (SSSR count). The number of benzene rings is 1. The van der Waals surface area contributed by atoms with Gasteiger partial charge in [-0.15, -0.1) is 11.3 Å². The van der Waals surface area contributed by atoms with Gasteiger partial charge < -0.3 is 9.64 Å². The van der Waals surface area contributed by atoms with Gasteiger partial charge in [-0.3, -0.25) is 9.78 Å². The molecule has 1 fully saturated rings. The van der Waals surface area contributed by atoms with Gasteiger partial charge in [0.2, 0.25) is 0 Å². The van der Waals surface area contributed by atoms with Crippen LogP contribution in [0.4, 0.5) is 0 Å². The minimum atomic E-state index is 0.00464. The predicted molar refractivity (Wildman–Crippen MR) is 118 cm³/mol. The molecule has 6 nitrogen and oxygen atoms in total. The number of fused-ring (bicyclic) bond motifs is 2. The summed E-state index contributed by atoms with van der Waals surface area (Å²) in [4.78, 5) is 30.1. The van der Waals surface area contributed by atoms with Crippen molar-refractivity contribution >= 4 is 38.4 Å². The summed E-state index contributed by atoms with van der Waals surface area (Å²) >= 11 is 1.45. The Bertz CT molecular complexity index is 1240. The third-order valence-corrected chi connectivity index (χ3v) is 6.95. The van der Waals surface area contributed by atoms with E-state index in [1.165, 1.54) is 11.3 Å². The van der Waals surface area contributed by atoms with Gasteiger partial charge in [-0.25, -0.2) is 9.97 Å². The molecule has 1 amide bonds. The van der Waals surface area contributed by atoms with Crippen LogP contribution in [0.1, 0.15) is 38.8 Å². The number of aromatic nitrogens is 3. The molecular weight excluding hydrogens is 396 g/mol. The third kappa shape index (κ3) is 3.24. The summed E-state index contributed by atoms with van der Waals surface area (Å²) in [5.74, 6) is 0.276. The highest BCUT2D eigenvalue weighted by atomic mass is 32.1. The highest BCUT2D eigenvalue weighted by Gasteiger charge is 2.27. The van der Waals surface area contributed by atoms with E-state index in [-0.39, 0.29) is 11.8 Å². The van der Waals surface area contributed by atoms with E-state index in [4.69, 9.17) is 4.74 Å². The molecule has 0 N–H and O–H groups in total. The van der Waals surface area contributed by atoms with E-state index in [1.54, 1.807) is 17.4 Å². The molecule has 4 heterocycles. The van der Waals surface area contributed by atoms with E-state index < -0.39 is 0 Å². The van der Waals surface area contributed by atoms with Crippen LogP contribution in [0.5, 0.6) is 0 Å². The molecule has 30 heavy (non-hydrogen) atoms. The minimum Gasteiger partial charge on any atom is -0.381 e. The van der Waals surface area contributed by atoms with Crippen LogP contribution in [0.15, 0.2) is 42.9 Å². The highest BCUT2D eigenvalue weighted by Crippen LogP contribution is 2.36. The summed E-state index contributed by atoms with van der Waals surface area (Å²) in [6.45, 7) is 3.96. The Hall–Kier alpha value is -2.90. The first-order chi connectivity index (χ1) is 14.6. The first-order valence-electron chi connectivity index (χ1n) is 10.0. The number of nitrogens with zero attached hydrogens (tertiary/aromatic N) is 4. The van der Waals surface area contributed by atoms with Gasteiger partial charge in [0.05, 0.1) is 22.7 Å². The molecule has 1 aromatic carbocycles. The van der Waals surface area contributed by atoms with Crippen molar-refractivity contribution < 1.29 is 9.53 Å². The number of carbonyl (C=O) groups excluding carboxylic acids is 1. The van der Waals surface area contributed by atoms with E-state index >= 15 is 0 Å². The second-order valence-electron chi connectivity index (χ2n) is 7.70. The summed E-state index contributed by atoms with van der Waals surface area (Å²) in [6, 6.07) is 9.99. The standard InChI is InChI=1S/C23H22N4O2S/c1-14-19-20(16-8-10-29-12-16)25-13-26-22(19)30-21(14)23(28)27(2)11-15-7-9-24-18-6-4-3-5-17(15)18/h3-7,9,13,16H,8,10-12H2,1-2H3. The smallest absolute Gasteiger partial charge is 0.264 e. The lowest BCUT2D eigenvalue weighted by atomic mass is 9.99. The van der Waals surface area contributed by atoms with Gasteiger partial charge in [-0.2, -0.15) is 0 Å². The Morgan fingerprint density at radius 1 is 1.23 bits per heavy atom. The maximum atomic E-state index is 13.4. The fourth-order valence-electron chi connectivity index (χ4n) is 4.16. The average Bonchev–Trinajstić information content (AvgIpc) is 3.42. The van der Waals surface area contributed by atoms with Crippen molar-refractivity contribution in [2.24, 2.45) is 0 Å². The van der Waals surface area contributed by atoms with Crippen LogP contribution < -0.4 is 0 Å². The molecule has 152 valence electrons. The third-order valence-electron chi connectivity index (χ3n) is 5.76. The Morgan fingerprint density at radius 3 is 2.93 bits per heavy atom. The Morgan fingerprint density at radius 2 is 2.10 bits per heavy atom. The monoisotopic (exact) mass is 418 g/mol. The van der Waals surface area contributed by atoms with E-state index in [0.717, 1.165) is 55.8 Å². The van der Waals surface area contributed by atoms with Crippen molar-refractivity contribution in [3.8, 4) is 0 Å². The average molecular weight is 419 g/mol. The quantitative estimate of drug-likeness (QED) is 0.494. The van der Waals surface area contributed by atoms with Crippen LogP contribution in [-0.4, -0.2) is 46.0 Å². The second-order valence-corrected chi connectivity index (χ2v) is 8.70. The van der Waals surface area contributed by atoms with Gasteiger partial charge in [0.15, 0.2) is 0 Å². The molecule has 4 aromatic rings. The van der Waals surface area contributed by atoms with Gasteiger partial charge in [0, 0.05) is 43.1 Å². The lowest BCUT2D eigenvalue weighted by Crippen LogP contribution is -2.26. The molecule has 0 spiro atoms. The summed E-state index contributed by atoms with van der Waals surface area (Å²) in [7, 11) is 1.85. The molecule has 1 saturated heterocycles. The summed E-state index contributed by atoms with van der Waals surface area (Å²) in [6.07, 6.45) is 4.36. The van der Waals surface area contributed by atoms with E-state index in [2.05, 4.69) is 15.0 Å². The molecule has 1 unspecified atom stereocenters. The number of rotatable bonds is 4. The molecule has 1 aliphatic rings. The molecule has 1 atom stereocenters. The van der Waals surface area contributed by atoms with Gasteiger partial charge in [-0.05, 0) is 36.6 Å². The molecular formula is C23H22N4O2S. The maximum absolute atomic E-state index is 13.4. The number of pyridine rings is 1. The number of hydrogen-bond acceptors (Lipinski definition) is 6. The summed E-state index contributed by atoms with van der Waals surface area (Å²) in [5.41, 5.74) is 3.99. The number of para-hydroxylation sites is 1. The molecule has 1 aliphatic heterocycles. The SMILES string of the molecule is Cc1c(C(=O)N(C)Cc2ccnc3ccccc23)sc2ncnc(C3CCOC3)c12. The number of ether oxygens (including phenoxy) is 1. The van der Waals surface area contributed by atoms with E-state index in [1.807, 2.05) is 44.3 Å². The molecule has 0 radical (unpaired) electrons. The van der Waals surface area contributed by atoms with Crippen molar-refractivity contribution in [1.29, 1.82) is 0 Å². The summed E-state index contributed by atoms with van der Waals surface area (Å²) in [5, 5.41) is 2.09. The van der Waals surface area contributed by atoms with E-state index in [0.29, 0.717) is 13.2 Å². The Kier molecular flexibility index (Phi) is 4.92. The number of carbonyl (C=O) groups is 1. The van der Waals surface area contributed by atoms with Gasteiger partial charge in [0.25, 0.3) is 5.91 Å². The number of aryl methyl sites for hydroxylation is 1. The fourth-order valence-corrected chi connectivity index (χ4v) is 5.31.